The quantitative estimate of drug-likeness (QED) is 0.894. The minimum atomic E-state index is 0.397. The lowest BCUT2D eigenvalue weighted by molar-refractivity contribution is 0.352. The van der Waals surface area contributed by atoms with E-state index in [9.17, 15) is 0 Å². The summed E-state index contributed by atoms with van der Waals surface area (Å²) in [6.07, 6.45) is 7.62. The first kappa shape index (κ1) is 15.8. The van der Waals surface area contributed by atoms with Crippen LogP contribution in [-0.4, -0.2) is 22.5 Å². The first-order valence-electron chi connectivity index (χ1n) is 7.74. The van der Waals surface area contributed by atoms with Gasteiger partial charge in [-0.25, -0.2) is 0 Å². The van der Waals surface area contributed by atoms with E-state index in [4.69, 9.17) is 0 Å². The number of aromatic nitrogens is 1. The molecule has 0 spiro atoms. The number of nitrogens with one attached hydrogen (secondary N) is 1. The highest BCUT2D eigenvalue weighted by Crippen LogP contribution is 2.29. The van der Waals surface area contributed by atoms with Gasteiger partial charge < -0.3 is 5.32 Å². The highest BCUT2D eigenvalue weighted by atomic mass is 32.2. The molecule has 0 aromatic carbocycles. The van der Waals surface area contributed by atoms with Crippen LogP contribution in [0.2, 0.25) is 0 Å². The van der Waals surface area contributed by atoms with Crippen molar-refractivity contribution in [2.24, 2.45) is 0 Å². The third-order valence-corrected chi connectivity index (χ3v) is 5.56. The van der Waals surface area contributed by atoms with Crippen molar-refractivity contribution in [3.63, 3.8) is 0 Å². The van der Waals surface area contributed by atoms with Gasteiger partial charge in [0.2, 0.25) is 0 Å². The van der Waals surface area contributed by atoms with Gasteiger partial charge in [-0.05, 0) is 70.4 Å². The van der Waals surface area contributed by atoms with E-state index < -0.39 is 0 Å². The van der Waals surface area contributed by atoms with Gasteiger partial charge in [-0.3, -0.25) is 4.98 Å². The molecular weight excluding hydrogens is 264 g/mol. The molecule has 1 fully saturated rings. The molecule has 0 bridgehead atoms. The van der Waals surface area contributed by atoms with Crippen LogP contribution in [0.5, 0.6) is 0 Å². The largest absolute Gasteiger partial charge is 0.307 e. The Hall–Kier alpha value is -0.540. The fourth-order valence-corrected chi connectivity index (χ4v) is 4.46. The van der Waals surface area contributed by atoms with E-state index in [2.05, 4.69) is 50.3 Å². The standard InChI is InChI=1S/C17H28N2S/c1-11-9-12(2)18-13(3)17(11)14(4)19-15-7-6-8-16(10-15)20-5/h9,14-16,19H,6-8,10H2,1-5H3. The molecule has 0 aliphatic heterocycles. The molecule has 1 aromatic rings. The highest BCUT2D eigenvalue weighted by molar-refractivity contribution is 7.99. The molecule has 1 saturated carbocycles. The van der Waals surface area contributed by atoms with E-state index in [1.165, 1.54) is 42.5 Å². The van der Waals surface area contributed by atoms with Crippen LogP contribution in [-0.2, 0) is 0 Å². The molecule has 3 atom stereocenters. The minimum Gasteiger partial charge on any atom is -0.307 e. The van der Waals surface area contributed by atoms with Gasteiger partial charge in [0, 0.05) is 28.7 Å². The van der Waals surface area contributed by atoms with Crippen LogP contribution < -0.4 is 5.32 Å². The molecule has 0 amide bonds. The summed E-state index contributed by atoms with van der Waals surface area (Å²) < 4.78 is 0. The normalized spacial score (nSPS) is 24.6. The Kier molecular flexibility index (Phi) is 5.50. The first-order chi connectivity index (χ1) is 9.51. The SMILES string of the molecule is CSC1CCCC(NC(C)c2c(C)cc(C)nc2C)C1. The molecular formula is C17H28N2S. The second-order valence-electron chi connectivity index (χ2n) is 6.19. The zero-order valence-corrected chi connectivity index (χ0v) is 14.3. The second kappa shape index (κ2) is 6.95. The van der Waals surface area contributed by atoms with Gasteiger partial charge in [0.05, 0.1) is 0 Å². The Morgan fingerprint density at radius 2 is 2.05 bits per heavy atom. The van der Waals surface area contributed by atoms with Crippen molar-refractivity contribution in [3.05, 3.63) is 28.6 Å². The van der Waals surface area contributed by atoms with Crippen molar-refractivity contribution in [1.82, 2.24) is 10.3 Å². The van der Waals surface area contributed by atoms with Gasteiger partial charge in [-0.15, -0.1) is 0 Å². The molecule has 3 unspecified atom stereocenters. The highest BCUT2D eigenvalue weighted by Gasteiger charge is 2.23. The van der Waals surface area contributed by atoms with Gasteiger partial charge in [0.1, 0.15) is 0 Å². The van der Waals surface area contributed by atoms with Crippen LogP contribution in [0, 0.1) is 20.8 Å². The molecule has 1 aliphatic rings. The van der Waals surface area contributed by atoms with Crippen LogP contribution in [0.25, 0.3) is 0 Å². The summed E-state index contributed by atoms with van der Waals surface area (Å²) in [6, 6.07) is 3.26. The topological polar surface area (TPSA) is 24.9 Å². The van der Waals surface area contributed by atoms with Crippen LogP contribution >= 0.6 is 11.8 Å². The Morgan fingerprint density at radius 3 is 2.70 bits per heavy atom. The smallest absolute Gasteiger partial charge is 0.0426 e. The number of thioether (sulfide) groups is 1. The fourth-order valence-electron chi connectivity index (χ4n) is 3.64. The first-order valence-corrected chi connectivity index (χ1v) is 9.03. The zero-order valence-electron chi connectivity index (χ0n) is 13.5. The predicted molar refractivity (Wildman–Crippen MR) is 89.6 cm³/mol. The summed E-state index contributed by atoms with van der Waals surface area (Å²) >= 11 is 2.03. The molecule has 0 saturated heterocycles. The lowest BCUT2D eigenvalue weighted by Crippen LogP contribution is -2.37. The molecule has 1 aliphatic carbocycles. The molecule has 2 nitrogen and oxygen atoms in total. The van der Waals surface area contributed by atoms with Crippen LogP contribution in [0.3, 0.4) is 0 Å². The third-order valence-electron chi connectivity index (χ3n) is 4.46. The third kappa shape index (κ3) is 3.76. The summed E-state index contributed by atoms with van der Waals surface area (Å²) in [6.45, 7) is 8.71. The van der Waals surface area contributed by atoms with Gasteiger partial charge in [0.15, 0.2) is 0 Å². The lowest BCUT2D eigenvalue weighted by atomic mass is 9.92. The molecule has 1 aromatic heterocycles. The monoisotopic (exact) mass is 292 g/mol. The van der Waals surface area contributed by atoms with Gasteiger partial charge >= 0.3 is 0 Å². The van der Waals surface area contributed by atoms with E-state index in [1.54, 1.807) is 0 Å². The molecule has 0 radical (unpaired) electrons. The van der Waals surface area contributed by atoms with Crippen LogP contribution in [0.15, 0.2) is 6.07 Å². The number of aryl methyl sites for hydroxylation is 3. The van der Waals surface area contributed by atoms with E-state index in [-0.39, 0.29) is 0 Å². The minimum absolute atomic E-state index is 0.397. The fraction of sp³-hybridized carbons (Fsp3) is 0.706. The van der Waals surface area contributed by atoms with Gasteiger partial charge in [-0.2, -0.15) is 11.8 Å². The van der Waals surface area contributed by atoms with Crippen molar-refractivity contribution < 1.29 is 0 Å². The number of rotatable bonds is 4. The van der Waals surface area contributed by atoms with E-state index in [0.29, 0.717) is 12.1 Å². The van der Waals surface area contributed by atoms with Crippen molar-refractivity contribution in [3.8, 4) is 0 Å². The van der Waals surface area contributed by atoms with Crippen molar-refractivity contribution >= 4 is 11.8 Å². The van der Waals surface area contributed by atoms with Gasteiger partial charge in [0.25, 0.3) is 0 Å². The summed E-state index contributed by atoms with van der Waals surface area (Å²) in [5.41, 5.74) is 5.06. The average molecular weight is 292 g/mol. The van der Waals surface area contributed by atoms with Gasteiger partial charge in [-0.1, -0.05) is 6.42 Å². The molecule has 3 heteroatoms. The lowest BCUT2D eigenvalue weighted by Gasteiger charge is -2.32. The number of nitrogens with zero attached hydrogens (tertiary/aromatic N) is 1. The predicted octanol–water partition coefficient (Wildman–Crippen LogP) is 4.33. The van der Waals surface area contributed by atoms with Crippen molar-refractivity contribution in [1.29, 1.82) is 0 Å². The summed E-state index contributed by atoms with van der Waals surface area (Å²) in [5, 5.41) is 4.69. The second-order valence-corrected chi connectivity index (χ2v) is 7.33. The van der Waals surface area contributed by atoms with Crippen LogP contribution in [0.4, 0.5) is 0 Å². The Morgan fingerprint density at radius 1 is 1.30 bits per heavy atom. The van der Waals surface area contributed by atoms with Crippen LogP contribution in [0.1, 0.15) is 61.2 Å². The summed E-state index contributed by atoms with van der Waals surface area (Å²) in [5.74, 6) is 0. The maximum atomic E-state index is 4.64. The maximum absolute atomic E-state index is 4.64. The number of hydrogen-bond acceptors (Lipinski definition) is 3. The average Bonchev–Trinajstić information content (AvgIpc) is 2.37. The zero-order chi connectivity index (χ0) is 14.7. The number of pyridine rings is 1. The summed E-state index contributed by atoms with van der Waals surface area (Å²) in [4.78, 5) is 4.64. The Bertz CT molecular complexity index is 435. The molecule has 1 heterocycles. The summed E-state index contributed by atoms with van der Waals surface area (Å²) in [7, 11) is 0. The number of hydrogen-bond donors (Lipinski definition) is 1. The molecule has 20 heavy (non-hydrogen) atoms. The van der Waals surface area contributed by atoms with E-state index >= 15 is 0 Å². The van der Waals surface area contributed by atoms with Crippen molar-refractivity contribution in [2.45, 2.75) is 70.7 Å². The van der Waals surface area contributed by atoms with Crippen molar-refractivity contribution in [2.75, 3.05) is 6.26 Å². The Labute approximate surface area is 128 Å². The molecule has 112 valence electrons. The molecule has 2 rings (SSSR count). The Balaban J connectivity index is 2.06. The van der Waals surface area contributed by atoms with E-state index in [0.717, 1.165) is 10.9 Å². The molecule has 1 N–H and O–H groups in total. The van der Waals surface area contributed by atoms with E-state index in [1.807, 2.05) is 11.8 Å². The maximum Gasteiger partial charge on any atom is 0.0426 e.